The fourth-order valence-electron chi connectivity index (χ4n) is 3.39. The van der Waals surface area contributed by atoms with E-state index < -0.39 is 0 Å². The Kier molecular flexibility index (Phi) is 5.92. The average molecular weight is 420 g/mol. The number of nitrogens with one attached hydrogen (secondary N) is 2. The Hall–Kier alpha value is -3.43. The van der Waals surface area contributed by atoms with E-state index in [0.717, 1.165) is 47.8 Å². The quantitative estimate of drug-likeness (QED) is 0.462. The number of hydrogen-bond acceptors (Lipinski definition) is 5. The number of aromatic nitrogens is 3. The molecule has 0 spiro atoms. The maximum Gasteiger partial charge on any atom is 0.149 e. The van der Waals surface area contributed by atoms with Crippen molar-refractivity contribution in [2.45, 2.75) is 12.5 Å². The molecule has 1 aliphatic heterocycles. The summed E-state index contributed by atoms with van der Waals surface area (Å²) in [7, 11) is 0. The van der Waals surface area contributed by atoms with Crippen molar-refractivity contribution in [2.75, 3.05) is 25.0 Å². The minimum Gasteiger partial charge on any atom is -0.479 e. The second-order valence-electron chi connectivity index (χ2n) is 6.96. The first kappa shape index (κ1) is 19.9. The number of fused-ring (bicyclic) bond motifs is 1. The van der Waals surface area contributed by atoms with Crippen LogP contribution < -0.4 is 10.1 Å². The third-order valence-corrected chi connectivity index (χ3v) is 5.27. The van der Waals surface area contributed by atoms with Crippen LogP contribution in [0.25, 0.3) is 11.0 Å². The van der Waals surface area contributed by atoms with Crippen molar-refractivity contribution in [1.82, 2.24) is 19.9 Å². The molecule has 0 unspecified atom stereocenters. The lowest BCUT2D eigenvalue weighted by molar-refractivity contribution is 0.370. The first-order chi connectivity index (χ1) is 14.6. The number of likely N-dealkylation sites (tertiary alicyclic amines) is 1. The molecule has 3 heterocycles. The number of nitrogens with zero attached hydrogens (tertiary/aromatic N) is 3. The van der Waals surface area contributed by atoms with E-state index in [4.69, 9.17) is 16.3 Å². The number of H-pyrrole nitrogens is 1. The maximum absolute atomic E-state index is 6.08. The molecule has 0 aliphatic carbocycles. The van der Waals surface area contributed by atoms with E-state index in [1.807, 2.05) is 24.3 Å². The van der Waals surface area contributed by atoms with Crippen LogP contribution in [0.5, 0.6) is 5.75 Å². The second kappa shape index (κ2) is 8.93. The minimum atomic E-state index is 0.237. The van der Waals surface area contributed by atoms with Crippen molar-refractivity contribution < 1.29 is 4.74 Å². The average Bonchev–Trinajstić information content (AvgIpc) is 3.39. The van der Waals surface area contributed by atoms with E-state index in [2.05, 4.69) is 50.2 Å². The monoisotopic (exact) mass is 419 g/mol. The number of halogens is 1. The van der Waals surface area contributed by atoms with Gasteiger partial charge in [0, 0.05) is 24.8 Å². The summed E-state index contributed by atoms with van der Waals surface area (Å²) in [6.07, 6.45) is 4.35. The summed E-state index contributed by atoms with van der Waals surface area (Å²) in [5, 5.41) is 5.00. The molecule has 2 N–H and O–H groups in total. The van der Waals surface area contributed by atoms with Crippen molar-refractivity contribution in [2.24, 2.45) is 0 Å². The zero-order valence-corrected chi connectivity index (χ0v) is 17.2. The highest BCUT2D eigenvalue weighted by Gasteiger charge is 2.23. The van der Waals surface area contributed by atoms with Gasteiger partial charge in [-0.15, -0.1) is 0 Å². The number of ether oxygens (including phenoxy) is 1. The molecule has 1 saturated heterocycles. The normalized spacial score (nSPS) is 15.5. The van der Waals surface area contributed by atoms with Crippen LogP contribution in [0.3, 0.4) is 0 Å². The summed E-state index contributed by atoms with van der Waals surface area (Å²) < 4.78 is 5.61. The van der Waals surface area contributed by atoms with Crippen LogP contribution >= 0.6 is 11.6 Å². The fourth-order valence-corrected chi connectivity index (χ4v) is 3.58. The number of anilines is 1. The molecule has 0 radical (unpaired) electrons. The summed E-state index contributed by atoms with van der Waals surface area (Å²) in [5.74, 6) is 7.49. The Morgan fingerprint density at radius 1 is 1.40 bits per heavy atom. The first-order valence-electron chi connectivity index (χ1n) is 9.67. The van der Waals surface area contributed by atoms with Crippen molar-refractivity contribution in [3.8, 4) is 17.6 Å². The van der Waals surface area contributed by atoms with Gasteiger partial charge in [0.05, 0.1) is 16.1 Å². The van der Waals surface area contributed by atoms with Crippen LogP contribution in [-0.4, -0.2) is 45.6 Å². The fraction of sp³-hybridized carbons (Fsp3) is 0.217. The highest BCUT2D eigenvalue weighted by molar-refractivity contribution is 6.32. The lowest BCUT2D eigenvalue weighted by Gasteiger charge is -2.19. The van der Waals surface area contributed by atoms with E-state index in [1.54, 1.807) is 18.5 Å². The molecule has 30 heavy (non-hydrogen) atoms. The van der Waals surface area contributed by atoms with Gasteiger partial charge in [0.1, 0.15) is 30.1 Å². The molecule has 1 aliphatic rings. The third kappa shape index (κ3) is 4.42. The topological polar surface area (TPSA) is 66.1 Å². The van der Waals surface area contributed by atoms with Gasteiger partial charge in [0.25, 0.3) is 0 Å². The number of allylic oxidation sites excluding steroid dienone is 1. The van der Waals surface area contributed by atoms with Crippen LogP contribution in [0.2, 0.25) is 5.02 Å². The zero-order chi connectivity index (χ0) is 20.9. The molecule has 4 rings (SSSR count). The molecular formula is C23H22ClN5O. The Labute approximate surface area is 180 Å². The molecule has 7 heteroatoms. The number of para-hydroxylation sites is 1. The van der Waals surface area contributed by atoms with E-state index in [0.29, 0.717) is 10.8 Å². The summed E-state index contributed by atoms with van der Waals surface area (Å²) in [5.41, 5.74) is 2.45. The van der Waals surface area contributed by atoms with E-state index in [-0.39, 0.29) is 12.6 Å². The first-order valence-corrected chi connectivity index (χ1v) is 10.0. The van der Waals surface area contributed by atoms with Gasteiger partial charge < -0.3 is 19.9 Å². The van der Waals surface area contributed by atoms with Gasteiger partial charge in [0.15, 0.2) is 0 Å². The van der Waals surface area contributed by atoms with Crippen LogP contribution in [0.4, 0.5) is 5.82 Å². The smallest absolute Gasteiger partial charge is 0.149 e. The molecule has 3 aromatic rings. The van der Waals surface area contributed by atoms with Gasteiger partial charge in [-0.05, 0) is 36.6 Å². The largest absolute Gasteiger partial charge is 0.479 e. The number of benzene rings is 1. The third-order valence-electron chi connectivity index (χ3n) is 4.96. The van der Waals surface area contributed by atoms with Crippen molar-refractivity contribution in [1.29, 1.82) is 0 Å². The lowest BCUT2D eigenvalue weighted by atomic mass is 10.2. The van der Waals surface area contributed by atoms with Crippen LogP contribution in [0.1, 0.15) is 12.1 Å². The molecule has 1 aromatic carbocycles. The minimum absolute atomic E-state index is 0.237. The summed E-state index contributed by atoms with van der Waals surface area (Å²) in [4.78, 5) is 14.2. The molecule has 0 saturated carbocycles. The molecule has 0 bridgehead atoms. The molecule has 2 aromatic heterocycles. The summed E-state index contributed by atoms with van der Waals surface area (Å²) in [6, 6.07) is 9.57. The predicted molar refractivity (Wildman–Crippen MR) is 121 cm³/mol. The summed E-state index contributed by atoms with van der Waals surface area (Å²) >= 11 is 6.08. The highest BCUT2D eigenvalue weighted by atomic mass is 35.5. The lowest BCUT2D eigenvalue weighted by Crippen LogP contribution is -2.25. The second-order valence-corrected chi connectivity index (χ2v) is 7.37. The van der Waals surface area contributed by atoms with E-state index in [1.165, 1.54) is 0 Å². The number of rotatable bonds is 6. The Balaban J connectivity index is 1.43. The van der Waals surface area contributed by atoms with Crippen LogP contribution in [0.15, 0.2) is 61.6 Å². The molecule has 1 atom stereocenters. The predicted octanol–water partition coefficient (Wildman–Crippen LogP) is 4.23. The molecule has 6 nitrogen and oxygen atoms in total. The molecular weight excluding hydrogens is 398 g/mol. The SMILES string of the molecule is C=CC(=C)N1CC[C@@H](Nc2ncnc3[nH]c(C#CCOc4ccccc4Cl)cc23)C1. The van der Waals surface area contributed by atoms with Gasteiger partial charge >= 0.3 is 0 Å². The number of hydrogen-bond donors (Lipinski definition) is 2. The molecule has 152 valence electrons. The number of aromatic amines is 1. The van der Waals surface area contributed by atoms with Gasteiger partial charge in [-0.25, -0.2) is 9.97 Å². The van der Waals surface area contributed by atoms with Crippen molar-refractivity contribution in [3.05, 3.63) is 72.3 Å². The van der Waals surface area contributed by atoms with Gasteiger partial charge in [0.2, 0.25) is 0 Å². The van der Waals surface area contributed by atoms with Crippen molar-refractivity contribution >= 4 is 28.5 Å². The van der Waals surface area contributed by atoms with E-state index >= 15 is 0 Å². The maximum atomic E-state index is 6.08. The molecule has 0 amide bonds. The highest BCUT2D eigenvalue weighted by Crippen LogP contribution is 2.24. The van der Waals surface area contributed by atoms with Gasteiger partial charge in [-0.3, -0.25) is 0 Å². The molecule has 1 fully saturated rings. The van der Waals surface area contributed by atoms with E-state index in [9.17, 15) is 0 Å². The van der Waals surface area contributed by atoms with Gasteiger partial charge in [-0.2, -0.15) is 0 Å². The van der Waals surface area contributed by atoms with Crippen molar-refractivity contribution in [3.63, 3.8) is 0 Å². The Morgan fingerprint density at radius 3 is 3.10 bits per heavy atom. The summed E-state index contributed by atoms with van der Waals surface area (Å²) in [6.45, 7) is 9.88. The van der Waals surface area contributed by atoms with Gasteiger partial charge in [-0.1, -0.05) is 42.8 Å². The van der Waals surface area contributed by atoms with Crippen LogP contribution in [-0.2, 0) is 0 Å². The standard InChI is InChI=1S/C23H22ClN5O/c1-3-16(2)29-11-10-18(14-29)28-23-19-13-17(27-22(19)25-15-26-23)7-6-12-30-21-9-5-4-8-20(21)24/h3-5,8-9,13,15,18H,1-2,10-12,14H2,(H2,25,26,27,28)/t18-/m1/s1. The Bertz CT molecular complexity index is 1140. The van der Waals surface area contributed by atoms with Crippen LogP contribution in [0, 0.1) is 11.8 Å². The Morgan fingerprint density at radius 2 is 2.27 bits per heavy atom. The zero-order valence-electron chi connectivity index (χ0n) is 16.5.